The van der Waals surface area contributed by atoms with Gasteiger partial charge in [0.15, 0.2) is 0 Å². The van der Waals surface area contributed by atoms with Crippen LogP contribution in [0.15, 0.2) is 34.7 Å². The molecule has 1 aromatic carbocycles. The zero-order valence-corrected chi connectivity index (χ0v) is 15.4. The van der Waals surface area contributed by atoms with E-state index in [0.717, 1.165) is 11.3 Å². The molecule has 132 valence electrons. The monoisotopic (exact) mass is 359 g/mol. The molecule has 0 aliphatic rings. The highest BCUT2D eigenvalue weighted by atomic mass is 35.5. The molecule has 1 atom stereocenters. The number of nitrogens with one attached hydrogen (secondary N) is 1. The first kappa shape index (κ1) is 19.0. The number of aryl methyl sites for hydroxylation is 1. The van der Waals surface area contributed by atoms with E-state index in [4.69, 9.17) is 27.2 Å². The van der Waals surface area contributed by atoms with Crippen LogP contribution >= 0.6 is 11.6 Å². The second-order valence-corrected chi connectivity index (χ2v) is 6.59. The molecule has 0 unspecified atom stereocenters. The van der Waals surface area contributed by atoms with Gasteiger partial charge in [-0.25, -0.2) is 4.79 Å². The van der Waals surface area contributed by atoms with Gasteiger partial charge in [-0.1, -0.05) is 31.4 Å². The first-order valence-corrected chi connectivity index (χ1v) is 8.49. The number of furan rings is 1. The van der Waals surface area contributed by atoms with Crippen molar-refractivity contribution in [2.45, 2.75) is 39.8 Å². The number of hydrogen-bond acceptors (Lipinski definition) is 4. The molecule has 5 heteroatoms. The van der Waals surface area contributed by atoms with Crippen LogP contribution in [0, 0.1) is 25.2 Å². The summed E-state index contributed by atoms with van der Waals surface area (Å²) in [6.45, 7) is 5.91. The van der Waals surface area contributed by atoms with Gasteiger partial charge < -0.3 is 14.5 Å². The van der Waals surface area contributed by atoms with Gasteiger partial charge in [0, 0.05) is 16.3 Å². The molecule has 1 N–H and O–H groups in total. The molecule has 0 bridgehead atoms. The Hall–Kier alpha value is -2.38. The minimum Gasteiger partial charge on any atom is -0.465 e. The normalized spacial score (nSPS) is 11.8. The Labute approximate surface area is 153 Å². The summed E-state index contributed by atoms with van der Waals surface area (Å²) in [6, 6.07) is 8.58. The van der Waals surface area contributed by atoms with Gasteiger partial charge in [-0.05, 0) is 43.2 Å². The maximum atomic E-state index is 12.5. The third-order valence-corrected chi connectivity index (χ3v) is 4.06. The standard InChI is InChI=1S/C20H22ClNO3/c1-5-6-18-11-15(14(4)25-18)12-24-20(23)19(13(2)3)22-17-9-7-16(21)8-10-17/h1,7-11,13,19,22H,6,12H2,2-4H3/t19-/m0/s1. The van der Waals surface area contributed by atoms with E-state index in [1.165, 1.54) is 0 Å². The first-order chi connectivity index (χ1) is 11.9. The lowest BCUT2D eigenvalue weighted by atomic mass is 10.0. The second-order valence-electron chi connectivity index (χ2n) is 6.16. The Morgan fingerprint density at radius 2 is 2.04 bits per heavy atom. The maximum absolute atomic E-state index is 12.5. The van der Waals surface area contributed by atoms with Crippen LogP contribution in [-0.4, -0.2) is 12.0 Å². The van der Waals surface area contributed by atoms with Crippen LogP contribution in [0.2, 0.25) is 5.02 Å². The fourth-order valence-corrected chi connectivity index (χ4v) is 2.51. The minimum atomic E-state index is -0.460. The molecule has 2 rings (SSSR count). The molecule has 0 aliphatic carbocycles. The number of hydrogen-bond donors (Lipinski definition) is 1. The van der Waals surface area contributed by atoms with E-state index in [9.17, 15) is 4.79 Å². The van der Waals surface area contributed by atoms with E-state index in [1.807, 2.05) is 39.0 Å². The number of esters is 1. The quantitative estimate of drug-likeness (QED) is 0.580. The number of rotatable bonds is 7. The fourth-order valence-electron chi connectivity index (χ4n) is 2.38. The molecule has 0 fully saturated rings. The number of carbonyl (C=O) groups is 1. The van der Waals surface area contributed by atoms with Crippen LogP contribution in [0.1, 0.15) is 30.9 Å². The molecule has 0 radical (unpaired) electrons. The number of terminal acetylenes is 1. The predicted molar refractivity (Wildman–Crippen MR) is 99.5 cm³/mol. The van der Waals surface area contributed by atoms with Crippen molar-refractivity contribution >= 4 is 23.3 Å². The maximum Gasteiger partial charge on any atom is 0.329 e. The highest BCUT2D eigenvalue weighted by Gasteiger charge is 2.24. The van der Waals surface area contributed by atoms with Gasteiger partial charge in [0.1, 0.15) is 24.2 Å². The summed E-state index contributed by atoms with van der Waals surface area (Å²) in [5.74, 6) is 3.69. The molecule has 1 aromatic heterocycles. The molecule has 4 nitrogen and oxygen atoms in total. The molecule has 0 spiro atoms. The van der Waals surface area contributed by atoms with Gasteiger partial charge in [-0.3, -0.25) is 0 Å². The molecular weight excluding hydrogens is 338 g/mol. The average Bonchev–Trinajstić information content (AvgIpc) is 2.91. The van der Waals surface area contributed by atoms with Gasteiger partial charge in [-0.15, -0.1) is 6.42 Å². The smallest absolute Gasteiger partial charge is 0.329 e. The number of ether oxygens (including phenoxy) is 1. The van der Waals surface area contributed by atoms with E-state index in [0.29, 0.717) is 23.0 Å². The molecule has 0 saturated heterocycles. The molecule has 2 aromatic rings. The van der Waals surface area contributed by atoms with Crippen molar-refractivity contribution in [2.75, 3.05) is 5.32 Å². The largest absolute Gasteiger partial charge is 0.465 e. The average molecular weight is 360 g/mol. The molecule has 0 aliphatic heterocycles. The van der Waals surface area contributed by atoms with E-state index in [2.05, 4.69) is 11.2 Å². The highest BCUT2D eigenvalue weighted by Crippen LogP contribution is 2.19. The molecule has 0 saturated carbocycles. The van der Waals surface area contributed by atoms with Crippen molar-refractivity contribution in [3.8, 4) is 12.3 Å². The lowest BCUT2D eigenvalue weighted by molar-refractivity contribution is -0.146. The van der Waals surface area contributed by atoms with Crippen LogP contribution in [0.4, 0.5) is 5.69 Å². The zero-order chi connectivity index (χ0) is 18.4. The van der Waals surface area contributed by atoms with Crippen molar-refractivity contribution in [1.82, 2.24) is 0 Å². The fraction of sp³-hybridized carbons (Fsp3) is 0.350. The Kier molecular flexibility index (Phi) is 6.55. The predicted octanol–water partition coefficient (Wildman–Crippen LogP) is 4.60. The minimum absolute atomic E-state index is 0.0608. The summed E-state index contributed by atoms with van der Waals surface area (Å²) in [4.78, 5) is 12.5. The van der Waals surface area contributed by atoms with Crippen molar-refractivity contribution in [1.29, 1.82) is 0 Å². The Bertz CT molecular complexity index is 756. The Morgan fingerprint density at radius 3 is 2.64 bits per heavy atom. The van der Waals surface area contributed by atoms with Crippen LogP contribution in [0.25, 0.3) is 0 Å². The van der Waals surface area contributed by atoms with E-state index >= 15 is 0 Å². The lowest BCUT2D eigenvalue weighted by Gasteiger charge is -2.22. The van der Waals surface area contributed by atoms with Crippen molar-refractivity contribution in [3.05, 3.63) is 52.4 Å². The number of anilines is 1. The van der Waals surface area contributed by atoms with E-state index in [-0.39, 0.29) is 18.5 Å². The van der Waals surface area contributed by atoms with Crippen LogP contribution < -0.4 is 5.32 Å². The SMILES string of the molecule is C#CCc1cc(COC(=O)[C@@H](Nc2ccc(Cl)cc2)C(C)C)c(C)o1. The molecule has 1 heterocycles. The number of benzene rings is 1. The van der Waals surface area contributed by atoms with Crippen LogP contribution in [0.3, 0.4) is 0 Å². The molecular formula is C20H22ClNO3. The van der Waals surface area contributed by atoms with E-state index < -0.39 is 6.04 Å². The second kappa shape index (κ2) is 8.64. The van der Waals surface area contributed by atoms with Crippen LogP contribution in [0.5, 0.6) is 0 Å². The number of halogens is 1. The Morgan fingerprint density at radius 1 is 1.36 bits per heavy atom. The summed E-state index contributed by atoms with van der Waals surface area (Å²) in [6.07, 6.45) is 5.70. The lowest BCUT2D eigenvalue weighted by Crippen LogP contribution is -2.36. The summed E-state index contributed by atoms with van der Waals surface area (Å²) in [5.41, 5.74) is 1.64. The van der Waals surface area contributed by atoms with Crippen molar-refractivity contribution < 1.29 is 13.9 Å². The van der Waals surface area contributed by atoms with Gasteiger partial charge in [0.2, 0.25) is 0 Å². The van der Waals surface area contributed by atoms with Gasteiger partial charge in [-0.2, -0.15) is 0 Å². The summed E-state index contributed by atoms with van der Waals surface area (Å²) in [5, 5.41) is 3.84. The van der Waals surface area contributed by atoms with Crippen LogP contribution in [-0.2, 0) is 22.6 Å². The van der Waals surface area contributed by atoms with E-state index in [1.54, 1.807) is 12.1 Å². The van der Waals surface area contributed by atoms with Gasteiger partial charge in [0.05, 0.1) is 6.42 Å². The number of carbonyl (C=O) groups excluding carboxylic acids is 1. The zero-order valence-electron chi connectivity index (χ0n) is 14.6. The molecule has 25 heavy (non-hydrogen) atoms. The van der Waals surface area contributed by atoms with Crippen molar-refractivity contribution in [2.24, 2.45) is 5.92 Å². The summed E-state index contributed by atoms with van der Waals surface area (Å²) >= 11 is 5.89. The summed E-state index contributed by atoms with van der Waals surface area (Å²) < 4.78 is 11.0. The first-order valence-electron chi connectivity index (χ1n) is 8.11. The highest BCUT2D eigenvalue weighted by molar-refractivity contribution is 6.30. The molecule has 0 amide bonds. The third kappa shape index (κ3) is 5.30. The third-order valence-electron chi connectivity index (χ3n) is 3.80. The van der Waals surface area contributed by atoms with Crippen molar-refractivity contribution in [3.63, 3.8) is 0 Å². The topological polar surface area (TPSA) is 51.5 Å². The van der Waals surface area contributed by atoms with Gasteiger partial charge >= 0.3 is 5.97 Å². The summed E-state index contributed by atoms with van der Waals surface area (Å²) in [7, 11) is 0. The van der Waals surface area contributed by atoms with Gasteiger partial charge in [0.25, 0.3) is 0 Å². The Balaban J connectivity index is 2.00.